The Kier molecular flexibility index (Phi) is 3.84. The molecule has 5 heteroatoms. The number of hydrogen-bond donors (Lipinski definition) is 0. The highest BCUT2D eigenvalue weighted by atomic mass is 32.2. The topological polar surface area (TPSA) is 39.4 Å². The average molecular weight is 299 g/mol. The third-order valence-corrected chi connectivity index (χ3v) is 3.97. The van der Waals surface area contributed by atoms with Gasteiger partial charge in [-0.15, -0.1) is 11.8 Å². The van der Waals surface area contributed by atoms with Gasteiger partial charge in [-0.25, -0.2) is 9.50 Å². The van der Waals surface area contributed by atoms with Crippen LogP contribution in [0.5, 0.6) is 5.75 Å². The van der Waals surface area contributed by atoms with Crippen molar-refractivity contribution in [1.29, 1.82) is 0 Å². The lowest BCUT2D eigenvalue weighted by Gasteiger charge is -2.03. The number of imidazole rings is 1. The first-order valence-electron chi connectivity index (χ1n) is 6.83. The van der Waals surface area contributed by atoms with Gasteiger partial charge in [-0.05, 0) is 36.4 Å². The SMILES string of the molecule is COc1ccc(-c2cn3nc(SC(C)C)ccc3n2)cc1. The zero-order valence-corrected chi connectivity index (χ0v) is 13.1. The lowest BCUT2D eigenvalue weighted by Crippen LogP contribution is -1.94. The van der Waals surface area contributed by atoms with Crippen molar-refractivity contribution in [2.75, 3.05) is 7.11 Å². The molecule has 0 N–H and O–H groups in total. The summed E-state index contributed by atoms with van der Waals surface area (Å²) in [6, 6.07) is 11.9. The van der Waals surface area contributed by atoms with Crippen LogP contribution in [0.1, 0.15) is 13.8 Å². The van der Waals surface area contributed by atoms with E-state index in [9.17, 15) is 0 Å². The molecule has 3 aromatic rings. The van der Waals surface area contributed by atoms with Crippen LogP contribution in [0, 0.1) is 0 Å². The second-order valence-corrected chi connectivity index (χ2v) is 6.59. The smallest absolute Gasteiger partial charge is 0.154 e. The van der Waals surface area contributed by atoms with Gasteiger partial charge in [0.1, 0.15) is 10.8 Å². The van der Waals surface area contributed by atoms with Crippen LogP contribution < -0.4 is 4.74 Å². The number of benzene rings is 1. The van der Waals surface area contributed by atoms with Crippen LogP contribution >= 0.6 is 11.8 Å². The van der Waals surface area contributed by atoms with Crippen LogP contribution in [0.3, 0.4) is 0 Å². The van der Waals surface area contributed by atoms with Gasteiger partial charge >= 0.3 is 0 Å². The van der Waals surface area contributed by atoms with Gasteiger partial charge in [0, 0.05) is 10.8 Å². The highest BCUT2D eigenvalue weighted by Crippen LogP contribution is 2.24. The van der Waals surface area contributed by atoms with Gasteiger partial charge < -0.3 is 4.74 Å². The van der Waals surface area contributed by atoms with Crippen LogP contribution in [-0.4, -0.2) is 27.0 Å². The molecule has 0 aliphatic heterocycles. The Hall–Kier alpha value is -2.01. The maximum absolute atomic E-state index is 5.18. The maximum Gasteiger partial charge on any atom is 0.154 e. The molecule has 0 spiro atoms. The number of hydrogen-bond acceptors (Lipinski definition) is 4. The summed E-state index contributed by atoms with van der Waals surface area (Å²) < 4.78 is 7.01. The van der Waals surface area contributed by atoms with Crippen molar-refractivity contribution in [3.63, 3.8) is 0 Å². The molecule has 4 nitrogen and oxygen atoms in total. The first-order valence-corrected chi connectivity index (χ1v) is 7.71. The summed E-state index contributed by atoms with van der Waals surface area (Å²) in [7, 11) is 1.66. The van der Waals surface area contributed by atoms with E-state index in [0.29, 0.717) is 5.25 Å². The Morgan fingerprint density at radius 2 is 1.86 bits per heavy atom. The molecule has 1 aromatic carbocycles. The Morgan fingerprint density at radius 3 is 2.52 bits per heavy atom. The van der Waals surface area contributed by atoms with Gasteiger partial charge in [0.25, 0.3) is 0 Å². The van der Waals surface area contributed by atoms with Crippen LogP contribution in [-0.2, 0) is 0 Å². The van der Waals surface area contributed by atoms with Crippen LogP contribution in [0.2, 0.25) is 0 Å². The fourth-order valence-electron chi connectivity index (χ4n) is 2.07. The van der Waals surface area contributed by atoms with Gasteiger partial charge in [0.15, 0.2) is 5.65 Å². The molecule has 21 heavy (non-hydrogen) atoms. The van der Waals surface area contributed by atoms with Gasteiger partial charge in [-0.1, -0.05) is 13.8 Å². The summed E-state index contributed by atoms with van der Waals surface area (Å²) in [5.74, 6) is 0.844. The fraction of sp³-hybridized carbons (Fsp3) is 0.250. The minimum atomic E-state index is 0.513. The zero-order chi connectivity index (χ0) is 14.8. The molecular formula is C16H17N3OS. The predicted octanol–water partition coefficient (Wildman–Crippen LogP) is 3.91. The molecule has 0 aliphatic carbocycles. The zero-order valence-electron chi connectivity index (χ0n) is 12.3. The van der Waals surface area contributed by atoms with Crippen LogP contribution in [0.15, 0.2) is 47.6 Å². The number of methoxy groups -OCH3 is 1. The molecule has 2 aromatic heterocycles. The molecule has 0 fully saturated rings. The fourth-order valence-corrected chi connectivity index (χ4v) is 2.83. The minimum Gasteiger partial charge on any atom is -0.497 e. The van der Waals surface area contributed by atoms with Crippen LogP contribution in [0.4, 0.5) is 0 Å². The van der Waals surface area contributed by atoms with Crippen molar-refractivity contribution in [2.24, 2.45) is 0 Å². The van der Waals surface area contributed by atoms with Crippen molar-refractivity contribution >= 4 is 17.4 Å². The van der Waals surface area contributed by atoms with E-state index in [-0.39, 0.29) is 0 Å². The van der Waals surface area contributed by atoms with E-state index in [0.717, 1.165) is 27.7 Å². The van der Waals surface area contributed by atoms with E-state index >= 15 is 0 Å². The van der Waals surface area contributed by atoms with Crippen molar-refractivity contribution in [3.05, 3.63) is 42.6 Å². The summed E-state index contributed by atoms with van der Waals surface area (Å²) in [5.41, 5.74) is 2.82. The maximum atomic E-state index is 5.18. The van der Waals surface area contributed by atoms with E-state index in [1.165, 1.54) is 0 Å². The third-order valence-electron chi connectivity index (χ3n) is 3.04. The largest absolute Gasteiger partial charge is 0.497 e. The lowest BCUT2D eigenvalue weighted by atomic mass is 10.2. The van der Waals surface area contributed by atoms with E-state index in [4.69, 9.17) is 4.74 Å². The van der Waals surface area contributed by atoms with Crippen LogP contribution in [0.25, 0.3) is 16.9 Å². The second-order valence-electron chi connectivity index (χ2n) is 5.00. The number of aromatic nitrogens is 3. The van der Waals surface area contributed by atoms with E-state index in [1.54, 1.807) is 18.9 Å². The summed E-state index contributed by atoms with van der Waals surface area (Å²) in [6.07, 6.45) is 1.96. The van der Waals surface area contributed by atoms with E-state index in [2.05, 4.69) is 23.9 Å². The van der Waals surface area contributed by atoms with Crippen molar-refractivity contribution in [3.8, 4) is 17.0 Å². The molecule has 3 rings (SSSR count). The number of thioether (sulfide) groups is 1. The summed E-state index contributed by atoms with van der Waals surface area (Å²) in [5, 5.41) is 6.11. The van der Waals surface area contributed by atoms with E-state index < -0.39 is 0 Å². The normalized spacial score (nSPS) is 11.2. The first-order chi connectivity index (χ1) is 10.2. The van der Waals surface area contributed by atoms with Crippen molar-refractivity contribution < 1.29 is 4.74 Å². The molecule has 0 amide bonds. The average Bonchev–Trinajstić information content (AvgIpc) is 2.90. The highest BCUT2D eigenvalue weighted by molar-refractivity contribution is 7.99. The number of nitrogens with zero attached hydrogens (tertiary/aromatic N) is 3. The van der Waals surface area contributed by atoms with Crippen molar-refractivity contribution in [1.82, 2.24) is 14.6 Å². The standard InChI is InChI=1S/C16H17N3OS/c1-11(2)21-16-9-8-15-17-14(10-19(15)18-16)12-4-6-13(20-3)7-5-12/h4-11H,1-3H3. The molecule has 108 valence electrons. The first kappa shape index (κ1) is 13.9. The van der Waals surface area contributed by atoms with Crippen molar-refractivity contribution in [2.45, 2.75) is 24.1 Å². The molecule has 0 bridgehead atoms. The molecule has 0 saturated carbocycles. The summed E-state index contributed by atoms with van der Waals surface area (Å²) in [4.78, 5) is 4.61. The number of rotatable bonds is 4. The lowest BCUT2D eigenvalue weighted by molar-refractivity contribution is 0.415. The summed E-state index contributed by atoms with van der Waals surface area (Å²) >= 11 is 1.75. The number of ether oxygens (including phenoxy) is 1. The quantitative estimate of drug-likeness (QED) is 0.685. The molecule has 0 aliphatic rings. The molecule has 0 radical (unpaired) electrons. The summed E-state index contributed by atoms with van der Waals surface area (Å²) in [6.45, 7) is 4.32. The Labute approximate surface area is 128 Å². The molecule has 2 heterocycles. The second kappa shape index (κ2) is 5.77. The van der Waals surface area contributed by atoms with Gasteiger partial charge in [-0.3, -0.25) is 0 Å². The minimum absolute atomic E-state index is 0.513. The number of fused-ring (bicyclic) bond motifs is 1. The van der Waals surface area contributed by atoms with Gasteiger partial charge in [-0.2, -0.15) is 5.10 Å². The third kappa shape index (κ3) is 3.03. The van der Waals surface area contributed by atoms with E-state index in [1.807, 2.05) is 47.1 Å². The monoisotopic (exact) mass is 299 g/mol. The predicted molar refractivity (Wildman–Crippen MR) is 86.0 cm³/mol. The molecular weight excluding hydrogens is 282 g/mol. The molecule has 0 atom stereocenters. The molecule has 0 saturated heterocycles. The van der Waals surface area contributed by atoms with Gasteiger partial charge in [0.2, 0.25) is 0 Å². The highest BCUT2D eigenvalue weighted by Gasteiger charge is 2.07. The Bertz CT molecular complexity index is 750. The Balaban J connectivity index is 1.95. The Morgan fingerprint density at radius 1 is 1.10 bits per heavy atom. The molecule has 0 unspecified atom stereocenters. The van der Waals surface area contributed by atoms with Gasteiger partial charge in [0.05, 0.1) is 19.0 Å².